The van der Waals surface area contributed by atoms with Crippen molar-refractivity contribution in [1.82, 2.24) is 10.2 Å². The number of carbonyl (C=O) groups excluding carboxylic acids is 3. The van der Waals surface area contributed by atoms with Crippen molar-refractivity contribution in [1.29, 1.82) is 0 Å². The number of urea groups is 1. The third-order valence-electron chi connectivity index (χ3n) is 4.86. The molecule has 1 N–H and O–H groups in total. The van der Waals surface area contributed by atoms with Crippen molar-refractivity contribution in [3.05, 3.63) is 12.2 Å². The number of unbranched alkanes of at least 4 members (excludes halogenated alkanes) is 7. The van der Waals surface area contributed by atoms with Crippen molar-refractivity contribution >= 4 is 18.0 Å². The van der Waals surface area contributed by atoms with Gasteiger partial charge in [0.05, 0.1) is 12.5 Å². The van der Waals surface area contributed by atoms with Crippen molar-refractivity contribution in [2.75, 3.05) is 26.2 Å². The molecule has 0 radical (unpaired) electrons. The SMILES string of the molecule is CCCCCCCCC/C=C/CC(CC(=O)[O-])C(=O)OCCN1CCNC1=O. The fraction of sp³-hybridized carbons (Fsp3) is 0.762. The van der Waals surface area contributed by atoms with E-state index in [0.29, 0.717) is 26.1 Å². The predicted molar refractivity (Wildman–Crippen MR) is 105 cm³/mol. The van der Waals surface area contributed by atoms with Crippen molar-refractivity contribution in [3.8, 4) is 0 Å². The fourth-order valence-electron chi connectivity index (χ4n) is 3.16. The van der Waals surface area contributed by atoms with Gasteiger partial charge in [0, 0.05) is 25.5 Å². The zero-order valence-corrected chi connectivity index (χ0v) is 17.1. The Hall–Kier alpha value is -2.05. The van der Waals surface area contributed by atoms with Crippen LogP contribution in [0, 0.1) is 5.92 Å². The second-order valence-electron chi connectivity index (χ2n) is 7.28. The van der Waals surface area contributed by atoms with E-state index in [1.54, 1.807) is 4.90 Å². The van der Waals surface area contributed by atoms with Crippen LogP contribution in [-0.2, 0) is 14.3 Å². The number of allylic oxidation sites excluding steroid dienone is 2. The first-order valence-electron chi connectivity index (χ1n) is 10.6. The lowest BCUT2D eigenvalue weighted by atomic mass is 10.0. The summed E-state index contributed by atoms with van der Waals surface area (Å²) in [7, 11) is 0. The van der Waals surface area contributed by atoms with Gasteiger partial charge in [0.1, 0.15) is 6.61 Å². The molecule has 7 nitrogen and oxygen atoms in total. The quantitative estimate of drug-likeness (QED) is 0.246. The molecule has 0 saturated carbocycles. The summed E-state index contributed by atoms with van der Waals surface area (Å²) in [5.41, 5.74) is 0. The summed E-state index contributed by atoms with van der Waals surface area (Å²) in [6, 6.07) is -0.171. The molecule has 160 valence electrons. The van der Waals surface area contributed by atoms with Gasteiger partial charge < -0.3 is 24.9 Å². The highest BCUT2D eigenvalue weighted by atomic mass is 16.5. The van der Waals surface area contributed by atoms with Gasteiger partial charge in [0.15, 0.2) is 0 Å². The van der Waals surface area contributed by atoms with E-state index in [1.165, 1.54) is 38.5 Å². The van der Waals surface area contributed by atoms with Crippen LogP contribution >= 0.6 is 0 Å². The van der Waals surface area contributed by atoms with Crippen molar-refractivity contribution in [3.63, 3.8) is 0 Å². The number of rotatable bonds is 16. The molecule has 1 aliphatic heterocycles. The van der Waals surface area contributed by atoms with Crippen LogP contribution < -0.4 is 10.4 Å². The summed E-state index contributed by atoms with van der Waals surface area (Å²) >= 11 is 0. The van der Waals surface area contributed by atoms with Gasteiger partial charge in [-0.15, -0.1) is 0 Å². The summed E-state index contributed by atoms with van der Waals surface area (Å²) in [4.78, 5) is 36.1. The van der Waals surface area contributed by atoms with Gasteiger partial charge in [-0.3, -0.25) is 4.79 Å². The topological polar surface area (TPSA) is 98.8 Å². The maximum atomic E-state index is 12.2. The van der Waals surface area contributed by atoms with E-state index in [9.17, 15) is 19.5 Å². The Morgan fingerprint density at radius 2 is 1.89 bits per heavy atom. The monoisotopic (exact) mass is 395 g/mol. The Balaban J connectivity index is 2.22. The van der Waals surface area contributed by atoms with E-state index in [4.69, 9.17) is 4.74 Å². The highest BCUT2D eigenvalue weighted by Crippen LogP contribution is 2.13. The largest absolute Gasteiger partial charge is 0.550 e. The van der Waals surface area contributed by atoms with Gasteiger partial charge >= 0.3 is 12.0 Å². The number of nitrogens with zero attached hydrogens (tertiary/aromatic N) is 1. The van der Waals surface area contributed by atoms with Gasteiger partial charge in [-0.05, 0) is 19.3 Å². The number of esters is 1. The third kappa shape index (κ3) is 10.9. The Kier molecular flexibility index (Phi) is 12.8. The van der Waals surface area contributed by atoms with E-state index in [2.05, 4.69) is 12.2 Å². The average Bonchev–Trinajstić information content (AvgIpc) is 3.06. The molecule has 0 bridgehead atoms. The van der Waals surface area contributed by atoms with Gasteiger partial charge in [0.25, 0.3) is 0 Å². The Labute approximate surface area is 168 Å². The van der Waals surface area contributed by atoms with Gasteiger partial charge in [-0.25, -0.2) is 4.79 Å². The summed E-state index contributed by atoms with van der Waals surface area (Å²) in [5, 5.41) is 13.6. The van der Waals surface area contributed by atoms with Crippen LogP contribution in [0.4, 0.5) is 4.79 Å². The normalized spacial score (nSPS) is 15.0. The molecule has 0 aliphatic carbocycles. The molecule has 7 heteroatoms. The number of carboxylic acid groups (broad SMARTS) is 1. The molecule has 1 atom stereocenters. The molecule has 1 rings (SSSR count). The zero-order chi connectivity index (χ0) is 20.6. The molecule has 1 aliphatic rings. The third-order valence-corrected chi connectivity index (χ3v) is 4.86. The number of ether oxygens (including phenoxy) is 1. The number of amides is 2. The van der Waals surface area contributed by atoms with Crippen LogP contribution in [0.5, 0.6) is 0 Å². The van der Waals surface area contributed by atoms with Crippen LogP contribution in [0.25, 0.3) is 0 Å². The molecule has 0 aromatic heterocycles. The molecule has 2 amide bonds. The van der Waals surface area contributed by atoms with Crippen LogP contribution in [-0.4, -0.2) is 49.1 Å². The van der Waals surface area contributed by atoms with E-state index >= 15 is 0 Å². The first kappa shape index (κ1) is 24.0. The predicted octanol–water partition coefficient (Wildman–Crippen LogP) is 2.40. The van der Waals surface area contributed by atoms with Gasteiger partial charge in [0.2, 0.25) is 0 Å². The number of aliphatic carboxylic acids is 1. The second-order valence-corrected chi connectivity index (χ2v) is 7.28. The molecule has 0 spiro atoms. The van der Waals surface area contributed by atoms with E-state index in [-0.39, 0.29) is 19.1 Å². The van der Waals surface area contributed by atoms with E-state index in [1.807, 2.05) is 12.2 Å². The number of nitrogens with one attached hydrogen (secondary N) is 1. The minimum Gasteiger partial charge on any atom is -0.550 e. The first-order chi connectivity index (χ1) is 13.5. The Morgan fingerprint density at radius 1 is 1.18 bits per heavy atom. The van der Waals surface area contributed by atoms with Crippen molar-refractivity contribution in [2.24, 2.45) is 5.92 Å². The van der Waals surface area contributed by atoms with E-state index < -0.39 is 17.9 Å². The fourth-order valence-corrected chi connectivity index (χ4v) is 3.16. The van der Waals surface area contributed by atoms with Gasteiger partial charge in [-0.1, -0.05) is 57.6 Å². The number of hydrogen-bond acceptors (Lipinski definition) is 5. The lowest BCUT2D eigenvalue weighted by Crippen LogP contribution is -2.33. The smallest absolute Gasteiger partial charge is 0.317 e. The van der Waals surface area contributed by atoms with Crippen LogP contribution in [0.1, 0.15) is 71.1 Å². The molecule has 1 unspecified atom stereocenters. The van der Waals surface area contributed by atoms with Crippen LogP contribution in [0.15, 0.2) is 12.2 Å². The Bertz CT molecular complexity index is 507. The molecule has 28 heavy (non-hydrogen) atoms. The maximum Gasteiger partial charge on any atom is 0.317 e. The van der Waals surface area contributed by atoms with Crippen molar-refractivity contribution < 1.29 is 24.2 Å². The summed E-state index contributed by atoms with van der Waals surface area (Å²) in [6.45, 7) is 3.76. The molecular formula is C21H35N2O5-. The summed E-state index contributed by atoms with van der Waals surface area (Å²) < 4.78 is 5.17. The van der Waals surface area contributed by atoms with Crippen molar-refractivity contribution in [2.45, 2.75) is 71.1 Å². The molecule has 1 heterocycles. The van der Waals surface area contributed by atoms with Gasteiger partial charge in [-0.2, -0.15) is 0 Å². The number of carboxylic acids is 1. The van der Waals surface area contributed by atoms with Crippen LogP contribution in [0.3, 0.4) is 0 Å². The highest BCUT2D eigenvalue weighted by molar-refractivity contribution is 5.78. The summed E-state index contributed by atoms with van der Waals surface area (Å²) in [5.74, 6) is -2.56. The Morgan fingerprint density at radius 3 is 2.54 bits per heavy atom. The average molecular weight is 396 g/mol. The zero-order valence-electron chi connectivity index (χ0n) is 17.1. The maximum absolute atomic E-state index is 12.2. The minimum atomic E-state index is -1.26. The van der Waals surface area contributed by atoms with E-state index in [0.717, 1.165) is 12.8 Å². The summed E-state index contributed by atoms with van der Waals surface area (Å²) in [6.07, 6.45) is 13.5. The minimum absolute atomic E-state index is 0.0670. The molecule has 1 saturated heterocycles. The molecule has 1 fully saturated rings. The molecular weight excluding hydrogens is 360 g/mol. The standard InChI is InChI=1S/C21H36N2O5/c1-2-3-4-5-6-7-8-9-10-11-12-18(17-19(24)25)20(26)28-16-15-23-14-13-22-21(23)27/h10-11,18H,2-9,12-17H2,1H3,(H,22,27)(H,24,25)/p-1/b11-10+. The molecule has 0 aromatic carbocycles. The lowest BCUT2D eigenvalue weighted by molar-refractivity contribution is -0.306. The molecule has 0 aromatic rings. The number of carbonyl (C=O) groups is 3. The lowest BCUT2D eigenvalue weighted by Gasteiger charge is -2.17. The second kappa shape index (κ2) is 14.9. The first-order valence-corrected chi connectivity index (χ1v) is 10.6. The number of hydrogen-bond donors (Lipinski definition) is 1. The highest BCUT2D eigenvalue weighted by Gasteiger charge is 2.22. The van der Waals surface area contributed by atoms with Crippen LogP contribution in [0.2, 0.25) is 0 Å².